The molecule has 0 unspecified atom stereocenters. The van der Waals surface area contributed by atoms with Crippen molar-refractivity contribution in [3.63, 3.8) is 0 Å². The first-order valence-corrected chi connectivity index (χ1v) is 10.1. The van der Waals surface area contributed by atoms with Gasteiger partial charge in [-0.2, -0.15) is 0 Å². The van der Waals surface area contributed by atoms with Gasteiger partial charge in [0.1, 0.15) is 0 Å². The van der Waals surface area contributed by atoms with Crippen LogP contribution < -0.4 is 0 Å². The number of carboxylic acids is 1. The summed E-state index contributed by atoms with van der Waals surface area (Å²) in [6.45, 7) is 6.62. The minimum atomic E-state index is -1.52. The Morgan fingerprint density at radius 3 is 1.44 bits per heavy atom. The summed E-state index contributed by atoms with van der Waals surface area (Å²) in [7, 11) is -1.52. The van der Waals surface area contributed by atoms with E-state index in [9.17, 15) is 9.90 Å². The van der Waals surface area contributed by atoms with Gasteiger partial charge < -0.3 is 0 Å². The average Bonchev–Trinajstić information content (AvgIpc) is 2.30. The van der Waals surface area contributed by atoms with Crippen molar-refractivity contribution < 1.29 is 29.4 Å². The maximum absolute atomic E-state index is 11.1. The molecule has 0 atom stereocenters. The molecule has 18 heavy (non-hydrogen) atoms. The first kappa shape index (κ1) is 20.8. The summed E-state index contributed by atoms with van der Waals surface area (Å²) in [6.07, 6.45) is 11.5. The van der Waals surface area contributed by atoms with Crippen molar-refractivity contribution in [2.24, 2.45) is 0 Å². The Balaban J connectivity index is 0. The van der Waals surface area contributed by atoms with E-state index in [1.165, 1.54) is 57.0 Å². The van der Waals surface area contributed by atoms with E-state index in [0.717, 1.165) is 0 Å². The summed E-state index contributed by atoms with van der Waals surface area (Å²) in [6, 6.07) is 0. The molecule has 0 aromatic heterocycles. The molecule has 4 heteroatoms. The van der Waals surface area contributed by atoms with E-state index in [2.05, 4.69) is 20.8 Å². The van der Waals surface area contributed by atoms with Gasteiger partial charge in [0.25, 0.3) is 0 Å². The van der Waals surface area contributed by atoms with Crippen LogP contribution in [0.25, 0.3) is 0 Å². The van der Waals surface area contributed by atoms with Crippen molar-refractivity contribution in [2.75, 3.05) is 24.6 Å². The van der Waals surface area contributed by atoms with Gasteiger partial charge in [0.2, 0.25) is 0 Å². The standard InChI is InChI=1S/C14H31O2P.Zn/c1-4-7-10-17(11-8-5-2,12-9-6-3)13-14(15)16;/h17H,4-13H2,1-3H3,(H,15,16);. The molecule has 0 heterocycles. The molecule has 0 saturated heterocycles. The van der Waals surface area contributed by atoms with E-state index in [1.807, 2.05) is 0 Å². The van der Waals surface area contributed by atoms with Gasteiger partial charge in [-0.1, -0.05) is 0 Å². The third-order valence-corrected chi connectivity index (χ3v) is 9.00. The Kier molecular flexibility index (Phi) is 14.5. The molecule has 106 valence electrons. The van der Waals surface area contributed by atoms with Crippen molar-refractivity contribution >= 4 is 13.2 Å². The van der Waals surface area contributed by atoms with Crippen LogP contribution in [0.15, 0.2) is 0 Å². The van der Waals surface area contributed by atoms with E-state index < -0.39 is 13.2 Å². The molecule has 0 aliphatic heterocycles. The molecule has 0 aliphatic rings. The third-order valence-electron chi connectivity index (χ3n) is 3.71. The fourth-order valence-corrected chi connectivity index (χ4v) is 7.85. The molecular weight excluding hydrogens is 297 g/mol. The smallest absolute Gasteiger partial charge is 0 e. The summed E-state index contributed by atoms with van der Waals surface area (Å²) >= 11 is 0. The van der Waals surface area contributed by atoms with E-state index in [4.69, 9.17) is 0 Å². The second kappa shape index (κ2) is 12.6. The minimum Gasteiger partial charge on any atom is 0 e. The van der Waals surface area contributed by atoms with Crippen LogP contribution in [-0.4, -0.2) is 35.7 Å². The summed E-state index contributed by atoms with van der Waals surface area (Å²) < 4.78 is 0. The van der Waals surface area contributed by atoms with E-state index in [-0.39, 0.29) is 19.5 Å². The zero-order chi connectivity index (χ0) is 13.1. The number of hydrogen-bond acceptors (Lipinski definition) is 1. The van der Waals surface area contributed by atoms with Crippen LogP contribution in [-0.2, 0) is 24.3 Å². The van der Waals surface area contributed by atoms with Gasteiger partial charge in [-0.25, -0.2) is 0 Å². The third kappa shape index (κ3) is 9.45. The predicted molar refractivity (Wildman–Crippen MR) is 80.1 cm³/mol. The fourth-order valence-electron chi connectivity index (χ4n) is 2.62. The maximum atomic E-state index is 11.1. The molecule has 2 nitrogen and oxygen atoms in total. The summed E-state index contributed by atoms with van der Waals surface area (Å²) in [5.74, 6) is -0.556. The molecule has 0 aliphatic carbocycles. The largest absolute Gasteiger partial charge is 0 e. The van der Waals surface area contributed by atoms with Crippen molar-refractivity contribution in [3.8, 4) is 0 Å². The molecule has 0 bridgehead atoms. The van der Waals surface area contributed by atoms with Crippen LogP contribution in [0.3, 0.4) is 0 Å². The second-order valence-electron chi connectivity index (χ2n) is 5.38. The first-order valence-electron chi connectivity index (χ1n) is 7.32. The molecule has 0 aromatic carbocycles. The van der Waals surface area contributed by atoms with Crippen LogP contribution in [0.4, 0.5) is 0 Å². The summed E-state index contributed by atoms with van der Waals surface area (Å²) in [4.78, 5) is 11.1. The topological polar surface area (TPSA) is 37.3 Å². The van der Waals surface area contributed by atoms with Gasteiger partial charge in [-0.3, -0.25) is 0 Å². The van der Waals surface area contributed by atoms with Crippen molar-refractivity contribution in [3.05, 3.63) is 0 Å². The zero-order valence-electron chi connectivity index (χ0n) is 12.6. The first-order chi connectivity index (χ1) is 8.10. The van der Waals surface area contributed by atoms with Crippen LogP contribution >= 0.6 is 7.26 Å². The molecule has 0 spiro atoms. The molecule has 0 fully saturated rings. The van der Waals surface area contributed by atoms with E-state index >= 15 is 0 Å². The Labute approximate surface area is 126 Å². The summed E-state index contributed by atoms with van der Waals surface area (Å²) in [5, 5.41) is 9.18. The second-order valence-corrected chi connectivity index (χ2v) is 10.2. The fraction of sp³-hybridized carbons (Fsp3) is 0.929. The molecule has 1 N–H and O–H groups in total. The molecule has 0 saturated carbocycles. The Hall–Kier alpha value is 0.523. The number of unbranched alkanes of at least 4 members (excludes halogenated alkanes) is 3. The predicted octanol–water partition coefficient (Wildman–Crippen LogP) is 4.22. The normalized spacial score (nSPS) is 11.9. The van der Waals surface area contributed by atoms with Crippen LogP contribution in [0.2, 0.25) is 0 Å². The molecule has 0 rings (SSSR count). The van der Waals surface area contributed by atoms with E-state index in [0.29, 0.717) is 6.16 Å². The van der Waals surface area contributed by atoms with Crippen LogP contribution in [0, 0.1) is 0 Å². The summed E-state index contributed by atoms with van der Waals surface area (Å²) in [5.41, 5.74) is 0. The SMILES string of the molecule is CCCC[PH](CCCC)(CCCC)CC(=O)O.[Zn]. The monoisotopic (exact) mass is 326 g/mol. The number of carbonyl (C=O) groups is 1. The number of hydrogen-bond donors (Lipinski definition) is 1. The Morgan fingerprint density at radius 2 is 1.22 bits per heavy atom. The van der Waals surface area contributed by atoms with Gasteiger partial charge in [-0.05, 0) is 0 Å². The van der Waals surface area contributed by atoms with Crippen LogP contribution in [0.1, 0.15) is 59.3 Å². The molecule has 0 amide bonds. The minimum absolute atomic E-state index is 0. The van der Waals surface area contributed by atoms with Gasteiger partial charge in [-0.15, -0.1) is 0 Å². The molecule has 0 aromatic rings. The Bertz CT molecular complexity index is 188. The number of rotatable bonds is 11. The quantitative estimate of drug-likeness (QED) is 0.456. The average molecular weight is 328 g/mol. The van der Waals surface area contributed by atoms with Crippen molar-refractivity contribution in [1.82, 2.24) is 0 Å². The van der Waals surface area contributed by atoms with Crippen molar-refractivity contribution in [1.29, 1.82) is 0 Å². The van der Waals surface area contributed by atoms with Gasteiger partial charge in [0.05, 0.1) is 0 Å². The molecule has 0 radical (unpaired) electrons. The van der Waals surface area contributed by atoms with Crippen LogP contribution in [0.5, 0.6) is 0 Å². The van der Waals surface area contributed by atoms with Gasteiger partial charge in [0.15, 0.2) is 0 Å². The Morgan fingerprint density at radius 1 is 0.889 bits per heavy atom. The van der Waals surface area contributed by atoms with Gasteiger partial charge >= 0.3 is 107 Å². The molecular formula is C14H31O2PZn. The van der Waals surface area contributed by atoms with Gasteiger partial charge in [0, 0.05) is 19.5 Å². The zero-order valence-corrected chi connectivity index (χ0v) is 16.6. The number of carboxylic acid groups (broad SMARTS) is 1. The number of aliphatic carboxylic acids is 1. The van der Waals surface area contributed by atoms with E-state index in [1.54, 1.807) is 0 Å². The van der Waals surface area contributed by atoms with Crippen molar-refractivity contribution in [2.45, 2.75) is 59.3 Å². The maximum Gasteiger partial charge on any atom is 0 e.